The smallest absolute Gasteiger partial charge is 0.210 e. The van der Waals surface area contributed by atoms with Gasteiger partial charge in [0.1, 0.15) is 11.6 Å². The number of ketones is 1. The predicted octanol–water partition coefficient (Wildman–Crippen LogP) is 4.79. The van der Waals surface area contributed by atoms with E-state index in [1.165, 1.54) is 12.1 Å². The molecule has 0 atom stereocenters. The third kappa shape index (κ3) is 2.91. The van der Waals surface area contributed by atoms with Crippen LogP contribution in [0.5, 0.6) is 0 Å². The van der Waals surface area contributed by atoms with E-state index in [1.54, 1.807) is 37.7 Å². The van der Waals surface area contributed by atoms with E-state index in [4.69, 9.17) is 4.74 Å². The second-order valence-corrected chi connectivity index (χ2v) is 6.76. The summed E-state index contributed by atoms with van der Waals surface area (Å²) in [5, 5.41) is 0. The van der Waals surface area contributed by atoms with Crippen molar-refractivity contribution in [1.29, 1.82) is 0 Å². The van der Waals surface area contributed by atoms with Crippen molar-refractivity contribution >= 4 is 28.9 Å². The molecular formula is C19H17FO2S. The Balaban J connectivity index is 2.16. The lowest BCUT2D eigenvalue weighted by Gasteiger charge is -2.17. The standard InChI is InChI=1S/C19H17FO2S/c1-19(2)18(21)16(12-7-9-15(23-3)10-8-12)17(22-19)13-5-4-6-14(20)11-13/h4-11H,1-3H3. The van der Waals surface area contributed by atoms with Crippen LogP contribution in [0.3, 0.4) is 0 Å². The van der Waals surface area contributed by atoms with E-state index in [1.807, 2.05) is 30.5 Å². The first kappa shape index (κ1) is 15.8. The number of carbonyl (C=O) groups excluding carboxylic acids is 1. The fraction of sp³-hybridized carbons (Fsp3) is 0.211. The van der Waals surface area contributed by atoms with Gasteiger partial charge in [0, 0.05) is 10.5 Å². The third-order valence-electron chi connectivity index (χ3n) is 3.82. The Bertz CT molecular complexity index is 791. The molecule has 3 rings (SSSR count). The number of carbonyl (C=O) groups is 1. The average molecular weight is 328 g/mol. The number of thioether (sulfide) groups is 1. The van der Waals surface area contributed by atoms with Gasteiger partial charge in [0.25, 0.3) is 0 Å². The minimum Gasteiger partial charge on any atom is -0.478 e. The van der Waals surface area contributed by atoms with E-state index in [0.717, 1.165) is 10.5 Å². The first-order valence-corrected chi connectivity index (χ1v) is 8.53. The second kappa shape index (κ2) is 5.85. The maximum absolute atomic E-state index is 13.6. The van der Waals surface area contributed by atoms with Crippen molar-refractivity contribution in [1.82, 2.24) is 0 Å². The number of hydrogen-bond acceptors (Lipinski definition) is 3. The number of halogens is 1. The van der Waals surface area contributed by atoms with Crippen LogP contribution in [0.2, 0.25) is 0 Å². The summed E-state index contributed by atoms with van der Waals surface area (Å²) in [4.78, 5) is 13.9. The molecule has 2 aromatic rings. The largest absolute Gasteiger partial charge is 0.478 e. The number of Topliss-reactive ketones (excluding diaryl/α,β-unsaturated/α-hetero) is 1. The van der Waals surface area contributed by atoms with Crippen molar-refractivity contribution in [2.45, 2.75) is 24.3 Å². The van der Waals surface area contributed by atoms with Crippen LogP contribution in [0, 0.1) is 5.82 Å². The Labute approximate surface area is 139 Å². The molecule has 2 nitrogen and oxygen atoms in total. The summed E-state index contributed by atoms with van der Waals surface area (Å²) in [7, 11) is 0. The molecular weight excluding hydrogens is 311 g/mol. The van der Waals surface area contributed by atoms with Crippen LogP contribution in [0.4, 0.5) is 4.39 Å². The van der Waals surface area contributed by atoms with Crippen LogP contribution in [0.1, 0.15) is 25.0 Å². The zero-order valence-electron chi connectivity index (χ0n) is 13.2. The fourth-order valence-corrected chi connectivity index (χ4v) is 3.02. The van der Waals surface area contributed by atoms with Crippen molar-refractivity contribution in [3.8, 4) is 0 Å². The van der Waals surface area contributed by atoms with Crippen LogP contribution >= 0.6 is 11.8 Å². The Morgan fingerprint density at radius 1 is 1.04 bits per heavy atom. The molecule has 4 heteroatoms. The number of ether oxygens (including phenoxy) is 1. The normalized spacial score (nSPS) is 16.6. The minimum absolute atomic E-state index is 0.0892. The first-order chi connectivity index (χ1) is 10.9. The van der Waals surface area contributed by atoms with Crippen LogP contribution in [-0.2, 0) is 9.53 Å². The van der Waals surface area contributed by atoms with E-state index in [9.17, 15) is 9.18 Å². The average Bonchev–Trinajstić information content (AvgIpc) is 2.78. The summed E-state index contributed by atoms with van der Waals surface area (Å²) in [6, 6.07) is 13.9. The Morgan fingerprint density at radius 3 is 2.35 bits per heavy atom. The van der Waals surface area contributed by atoms with Crippen LogP contribution < -0.4 is 0 Å². The van der Waals surface area contributed by atoms with E-state index in [-0.39, 0.29) is 11.6 Å². The Morgan fingerprint density at radius 2 is 1.74 bits per heavy atom. The molecule has 0 unspecified atom stereocenters. The molecule has 2 aromatic carbocycles. The molecule has 0 spiro atoms. The highest BCUT2D eigenvalue weighted by Crippen LogP contribution is 2.41. The van der Waals surface area contributed by atoms with Gasteiger partial charge in [0.15, 0.2) is 5.60 Å². The molecule has 0 N–H and O–H groups in total. The quantitative estimate of drug-likeness (QED) is 0.758. The maximum atomic E-state index is 13.6. The van der Waals surface area contributed by atoms with Gasteiger partial charge in [0.05, 0.1) is 5.57 Å². The van der Waals surface area contributed by atoms with Gasteiger partial charge in [-0.15, -0.1) is 11.8 Å². The summed E-state index contributed by atoms with van der Waals surface area (Å²) in [6.07, 6.45) is 2.00. The minimum atomic E-state index is -0.949. The predicted molar refractivity (Wildman–Crippen MR) is 91.6 cm³/mol. The monoisotopic (exact) mass is 328 g/mol. The van der Waals surface area contributed by atoms with Gasteiger partial charge in [0.2, 0.25) is 5.78 Å². The zero-order valence-corrected chi connectivity index (χ0v) is 14.0. The highest BCUT2D eigenvalue weighted by atomic mass is 32.2. The van der Waals surface area contributed by atoms with Crippen LogP contribution in [0.25, 0.3) is 11.3 Å². The Kier molecular flexibility index (Phi) is 4.02. The number of hydrogen-bond donors (Lipinski definition) is 0. The lowest BCUT2D eigenvalue weighted by Crippen LogP contribution is -2.29. The van der Waals surface area contributed by atoms with Gasteiger partial charge in [-0.1, -0.05) is 24.3 Å². The summed E-state index contributed by atoms with van der Waals surface area (Å²) in [5.74, 6) is -0.00194. The molecule has 23 heavy (non-hydrogen) atoms. The molecule has 1 heterocycles. The maximum Gasteiger partial charge on any atom is 0.210 e. The molecule has 1 aliphatic heterocycles. The van der Waals surface area contributed by atoms with Gasteiger partial charge in [-0.05, 0) is 49.9 Å². The van der Waals surface area contributed by atoms with E-state index < -0.39 is 5.60 Å². The second-order valence-electron chi connectivity index (χ2n) is 5.88. The van der Waals surface area contributed by atoms with Gasteiger partial charge in [-0.25, -0.2) is 4.39 Å². The van der Waals surface area contributed by atoms with E-state index in [2.05, 4.69) is 0 Å². The molecule has 118 valence electrons. The molecule has 0 fully saturated rings. The SMILES string of the molecule is CSc1ccc(C2=C(c3cccc(F)c3)OC(C)(C)C2=O)cc1. The van der Waals surface area contributed by atoms with Crippen LogP contribution in [0.15, 0.2) is 53.4 Å². The summed E-state index contributed by atoms with van der Waals surface area (Å²) in [6.45, 7) is 3.47. The van der Waals surface area contributed by atoms with Crippen molar-refractivity contribution in [3.63, 3.8) is 0 Å². The molecule has 0 aliphatic carbocycles. The zero-order chi connectivity index (χ0) is 16.6. The van der Waals surface area contributed by atoms with Gasteiger partial charge >= 0.3 is 0 Å². The molecule has 0 saturated carbocycles. The summed E-state index contributed by atoms with van der Waals surface area (Å²) in [5.41, 5.74) is 0.925. The van der Waals surface area contributed by atoms with Crippen molar-refractivity contribution in [2.75, 3.05) is 6.26 Å². The highest BCUT2D eigenvalue weighted by molar-refractivity contribution is 7.98. The fourth-order valence-electron chi connectivity index (χ4n) is 2.61. The van der Waals surface area contributed by atoms with Crippen molar-refractivity contribution < 1.29 is 13.9 Å². The molecule has 0 aromatic heterocycles. The Hall–Kier alpha value is -2.07. The summed E-state index contributed by atoms with van der Waals surface area (Å²) >= 11 is 1.64. The molecule has 0 radical (unpaired) electrons. The molecule has 0 bridgehead atoms. The topological polar surface area (TPSA) is 26.3 Å². The van der Waals surface area contributed by atoms with E-state index >= 15 is 0 Å². The van der Waals surface area contributed by atoms with Crippen molar-refractivity contribution in [3.05, 3.63) is 65.5 Å². The van der Waals surface area contributed by atoms with Crippen molar-refractivity contribution in [2.24, 2.45) is 0 Å². The third-order valence-corrected chi connectivity index (χ3v) is 4.57. The highest BCUT2D eigenvalue weighted by Gasteiger charge is 2.42. The van der Waals surface area contributed by atoms with Gasteiger partial charge in [-0.2, -0.15) is 0 Å². The molecule has 0 saturated heterocycles. The lowest BCUT2D eigenvalue weighted by molar-refractivity contribution is -0.125. The number of rotatable bonds is 3. The lowest BCUT2D eigenvalue weighted by atomic mass is 9.93. The van der Waals surface area contributed by atoms with Crippen LogP contribution in [-0.4, -0.2) is 17.6 Å². The molecule has 0 amide bonds. The molecule has 1 aliphatic rings. The van der Waals surface area contributed by atoms with E-state index in [0.29, 0.717) is 16.9 Å². The first-order valence-electron chi connectivity index (χ1n) is 7.31. The number of benzene rings is 2. The summed E-state index contributed by atoms with van der Waals surface area (Å²) < 4.78 is 19.5. The van der Waals surface area contributed by atoms with Gasteiger partial charge in [-0.3, -0.25) is 4.79 Å². The van der Waals surface area contributed by atoms with Gasteiger partial charge < -0.3 is 4.74 Å².